The Morgan fingerprint density at radius 3 is 2.30 bits per heavy atom. The maximum Gasteiger partial charge on any atom is 0.247 e. The van der Waals surface area contributed by atoms with Crippen LogP contribution in [0.5, 0.6) is 0 Å². The van der Waals surface area contributed by atoms with Gasteiger partial charge >= 0.3 is 0 Å². The van der Waals surface area contributed by atoms with Crippen molar-refractivity contribution in [2.75, 3.05) is 27.2 Å². The van der Waals surface area contributed by atoms with Crippen molar-refractivity contribution in [3.05, 3.63) is 35.9 Å². The Morgan fingerprint density at radius 1 is 1.00 bits per heavy atom. The summed E-state index contributed by atoms with van der Waals surface area (Å²) in [7, 11) is 3.38. The Labute approximate surface area is 260 Å². The molecule has 0 radical (unpaired) electrons. The summed E-state index contributed by atoms with van der Waals surface area (Å²) >= 11 is 0. The van der Waals surface area contributed by atoms with Gasteiger partial charge in [-0.1, -0.05) is 51.1 Å². The van der Waals surface area contributed by atoms with E-state index in [1.54, 1.807) is 66.1 Å². The molecule has 4 atom stereocenters. The first-order valence-corrected chi connectivity index (χ1v) is 15.4. The van der Waals surface area contributed by atoms with Crippen molar-refractivity contribution in [1.82, 2.24) is 37.2 Å². The second-order valence-corrected chi connectivity index (χ2v) is 11.5. The fourth-order valence-electron chi connectivity index (χ4n) is 4.76. The van der Waals surface area contributed by atoms with Crippen molar-refractivity contribution in [1.29, 1.82) is 0 Å². The molecule has 244 valence electrons. The summed E-state index contributed by atoms with van der Waals surface area (Å²) in [5.74, 6) is -2.00. The molecule has 0 bridgehead atoms. The van der Waals surface area contributed by atoms with Gasteiger partial charge in [-0.05, 0) is 51.0 Å². The van der Waals surface area contributed by atoms with Gasteiger partial charge in [0.2, 0.25) is 29.5 Å². The first-order chi connectivity index (χ1) is 20.9. The van der Waals surface area contributed by atoms with Crippen molar-refractivity contribution in [3.63, 3.8) is 0 Å². The molecule has 0 saturated carbocycles. The van der Waals surface area contributed by atoms with Gasteiger partial charge in [-0.3, -0.25) is 29.0 Å². The van der Waals surface area contributed by atoms with Crippen molar-refractivity contribution < 1.29 is 24.0 Å². The maximum absolute atomic E-state index is 13.7. The van der Waals surface area contributed by atoms with Crippen LogP contribution in [0, 0.1) is 5.92 Å². The lowest BCUT2D eigenvalue weighted by Crippen LogP contribution is -2.62. The molecule has 44 heavy (non-hydrogen) atoms. The molecule has 0 unspecified atom stereocenters. The molecule has 1 aliphatic heterocycles. The van der Waals surface area contributed by atoms with Crippen LogP contribution in [0.1, 0.15) is 77.8 Å². The van der Waals surface area contributed by atoms with E-state index < -0.39 is 41.4 Å². The molecule has 1 aromatic carbocycles. The fourth-order valence-corrected chi connectivity index (χ4v) is 4.76. The van der Waals surface area contributed by atoms with Gasteiger partial charge in [-0.15, -0.1) is 0 Å². The molecule has 13 nitrogen and oxygen atoms in total. The van der Waals surface area contributed by atoms with Crippen LogP contribution in [0.4, 0.5) is 0 Å². The smallest absolute Gasteiger partial charge is 0.247 e. The Morgan fingerprint density at radius 2 is 1.68 bits per heavy atom. The van der Waals surface area contributed by atoms with Crippen molar-refractivity contribution >= 4 is 35.5 Å². The molecule has 1 aliphatic rings. The largest absolute Gasteiger partial charge is 0.359 e. The lowest BCUT2D eigenvalue weighted by atomic mass is 9.91. The molecule has 1 aromatic rings. The van der Waals surface area contributed by atoms with Crippen LogP contribution >= 0.6 is 0 Å². The molecule has 1 saturated heterocycles. The standard InChI is InChI=1S/C31H50N8O5/c1-7-22-26(41)38-24(21-14-9-8-10-15-21)28(43)34-18-12-11-17-31(4,39-25(40)20(2)3)29(44)37-23(27(42)36-22)16-13-19-35-30(32-5)33-6/h8-10,14-15,20,22-24H,7,11-13,16-19H2,1-6H3,(H,34,43)(H,36,42)(H,37,44)(H,38,41)(H,39,40)(H2,32,33,35)/t22-,23-,24+,31+/m0/s1. The van der Waals surface area contributed by atoms with Gasteiger partial charge in [-0.2, -0.15) is 0 Å². The van der Waals surface area contributed by atoms with E-state index in [9.17, 15) is 24.0 Å². The molecular formula is C31H50N8O5. The van der Waals surface area contributed by atoms with Gasteiger partial charge in [0.25, 0.3) is 0 Å². The molecule has 0 aromatic heterocycles. The fraction of sp³-hybridized carbons (Fsp3) is 0.613. The normalized spacial score (nSPS) is 24.4. The zero-order chi connectivity index (χ0) is 32.7. The first-order valence-electron chi connectivity index (χ1n) is 15.4. The van der Waals surface area contributed by atoms with E-state index in [0.717, 1.165) is 0 Å². The summed E-state index contributed by atoms with van der Waals surface area (Å²) in [6, 6.07) is 6.01. The zero-order valence-corrected chi connectivity index (χ0v) is 26.8. The summed E-state index contributed by atoms with van der Waals surface area (Å²) in [5, 5.41) is 20.2. The minimum Gasteiger partial charge on any atom is -0.359 e. The molecule has 0 aliphatic carbocycles. The monoisotopic (exact) mass is 614 g/mol. The number of hydrogen-bond acceptors (Lipinski definition) is 6. The Bertz CT molecular complexity index is 1160. The maximum atomic E-state index is 13.7. The third-order valence-electron chi connectivity index (χ3n) is 7.59. The second kappa shape index (κ2) is 17.8. The number of amides is 5. The lowest BCUT2D eigenvalue weighted by molar-refractivity contribution is -0.137. The highest BCUT2D eigenvalue weighted by molar-refractivity contribution is 5.97. The van der Waals surface area contributed by atoms with Gasteiger partial charge < -0.3 is 37.2 Å². The van der Waals surface area contributed by atoms with Crippen molar-refractivity contribution in [2.24, 2.45) is 10.9 Å². The molecule has 13 heteroatoms. The predicted molar refractivity (Wildman–Crippen MR) is 169 cm³/mol. The number of rotatable bonds is 8. The zero-order valence-electron chi connectivity index (χ0n) is 26.8. The van der Waals surface area contributed by atoms with Gasteiger partial charge in [0, 0.05) is 33.1 Å². The molecule has 2 rings (SSSR count). The SMILES string of the molecule is CC[C@@H]1NC(=O)[C@H](CCCN/C(=N/C)NC)NC(=O)[C@](C)(NC(=O)C(C)C)CCCCNC(=O)[C@@H](c2ccccc2)NC1=O. The third kappa shape index (κ3) is 10.8. The van der Waals surface area contributed by atoms with Crippen LogP contribution < -0.4 is 37.2 Å². The molecule has 7 N–H and O–H groups in total. The number of aliphatic imine (C=N–C) groups is 1. The molecular weight excluding hydrogens is 564 g/mol. The number of benzene rings is 1. The van der Waals surface area contributed by atoms with Crippen LogP contribution in [0.3, 0.4) is 0 Å². The van der Waals surface area contributed by atoms with Crippen molar-refractivity contribution in [3.8, 4) is 0 Å². The summed E-state index contributed by atoms with van der Waals surface area (Å²) in [5.41, 5.74) is -0.694. The summed E-state index contributed by atoms with van der Waals surface area (Å²) < 4.78 is 0. The summed E-state index contributed by atoms with van der Waals surface area (Å²) in [4.78, 5) is 70.8. The quantitative estimate of drug-likeness (QED) is 0.127. The van der Waals surface area contributed by atoms with E-state index in [0.29, 0.717) is 43.9 Å². The Hall–Kier alpha value is -4.16. The van der Waals surface area contributed by atoms with Crippen molar-refractivity contribution in [2.45, 2.75) is 89.9 Å². The van der Waals surface area contributed by atoms with Crippen LogP contribution in [0.25, 0.3) is 0 Å². The topological polar surface area (TPSA) is 182 Å². The van der Waals surface area contributed by atoms with E-state index in [4.69, 9.17) is 0 Å². The molecule has 0 spiro atoms. The summed E-state index contributed by atoms with van der Waals surface area (Å²) in [6.45, 7) is 7.66. The third-order valence-corrected chi connectivity index (χ3v) is 7.59. The second-order valence-electron chi connectivity index (χ2n) is 11.5. The first kappa shape index (κ1) is 36.0. The average Bonchev–Trinajstić information content (AvgIpc) is 3.01. The van der Waals surface area contributed by atoms with Crippen LogP contribution in [0.15, 0.2) is 35.3 Å². The van der Waals surface area contributed by atoms with E-state index in [1.807, 2.05) is 6.07 Å². The van der Waals surface area contributed by atoms with Crippen LogP contribution in [-0.4, -0.2) is 80.3 Å². The molecule has 5 amide bonds. The minimum atomic E-state index is -1.30. The van der Waals surface area contributed by atoms with Gasteiger partial charge in [0.15, 0.2) is 5.96 Å². The Kier molecular flexibility index (Phi) is 14.6. The Balaban J connectivity index is 2.40. The van der Waals surface area contributed by atoms with Crippen LogP contribution in [-0.2, 0) is 24.0 Å². The molecule has 1 fully saturated rings. The number of guanidine groups is 1. The highest BCUT2D eigenvalue weighted by atomic mass is 16.2. The van der Waals surface area contributed by atoms with Crippen LogP contribution in [0.2, 0.25) is 0 Å². The van der Waals surface area contributed by atoms with E-state index in [1.165, 1.54) is 0 Å². The summed E-state index contributed by atoms with van der Waals surface area (Å²) in [6.07, 6.45) is 2.33. The van der Waals surface area contributed by atoms with E-state index in [2.05, 4.69) is 42.2 Å². The van der Waals surface area contributed by atoms with Gasteiger partial charge in [0.05, 0.1) is 0 Å². The number of hydrogen-bond donors (Lipinski definition) is 7. The minimum absolute atomic E-state index is 0.254. The lowest BCUT2D eigenvalue weighted by Gasteiger charge is -2.33. The number of nitrogens with zero attached hydrogens (tertiary/aromatic N) is 1. The highest BCUT2D eigenvalue weighted by Gasteiger charge is 2.38. The predicted octanol–water partition coefficient (Wildman–Crippen LogP) is 0.630. The number of carbonyl (C=O) groups is 5. The van der Waals surface area contributed by atoms with Gasteiger partial charge in [-0.25, -0.2) is 0 Å². The highest BCUT2D eigenvalue weighted by Crippen LogP contribution is 2.18. The number of nitrogens with one attached hydrogen (secondary N) is 7. The van der Waals surface area contributed by atoms with E-state index in [-0.39, 0.29) is 37.0 Å². The van der Waals surface area contributed by atoms with E-state index >= 15 is 0 Å². The average molecular weight is 615 g/mol. The molecule has 1 heterocycles. The number of carbonyl (C=O) groups excluding carboxylic acids is 5. The van der Waals surface area contributed by atoms with Gasteiger partial charge in [0.1, 0.15) is 23.7 Å².